The lowest BCUT2D eigenvalue weighted by Crippen LogP contribution is -2.46. The van der Waals surface area contributed by atoms with Gasteiger partial charge in [-0.25, -0.2) is 0 Å². The van der Waals surface area contributed by atoms with Gasteiger partial charge in [0.05, 0.1) is 4.92 Å². The minimum Gasteiger partial charge on any atom is -0.506 e. The van der Waals surface area contributed by atoms with Crippen molar-refractivity contribution < 1.29 is 15.1 Å². The molecule has 2 N–H and O–H groups in total. The van der Waals surface area contributed by atoms with Crippen LogP contribution in [0.3, 0.4) is 0 Å². The number of nitrogens with zero attached hydrogens (tertiary/aromatic N) is 3. The molecule has 0 spiro atoms. The second-order valence-electron chi connectivity index (χ2n) is 5.50. The molecule has 1 aliphatic carbocycles. The van der Waals surface area contributed by atoms with Gasteiger partial charge in [-0.1, -0.05) is 48.5 Å². The van der Waals surface area contributed by atoms with E-state index >= 15 is 0 Å². The Morgan fingerprint density at radius 1 is 1.08 bits per heavy atom. The third-order valence-electron chi connectivity index (χ3n) is 3.86. The van der Waals surface area contributed by atoms with Gasteiger partial charge in [0.1, 0.15) is 11.4 Å². The number of hydrogen-bond acceptors (Lipinski definition) is 6. The molecule has 0 bridgehead atoms. The standard InChI is InChI=1S/C18H15N3O4/c22-16-9-5-4-8-15(16)19-20-18(21(24)25)12-14(10-11-17(18)23)13-6-2-1-3-7-13/h1-12,17,22-23H. The SMILES string of the molecule is O=[N+]([O-])C1(N=Nc2ccccc2O)C=C(c2ccccc2)C=CC1O. The Morgan fingerprint density at radius 2 is 1.76 bits per heavy atom. The molecular weight excluding hydrogens is 322 g/mol. The van der Waals surface area contributed by atoms with Crippen molar-refractivity contribution in [1.29, 1.82) is 0 Å². The largest absolute Gasteiger partial charge is 0.506 e. The average Bonchev–Trinajstić information content (AvgIpc) is 2.63. The maximum absolute atomic E-state index is 11.7. The molecule has 2 aromatic carbocycles. The number of para-hydroxylation sites is 1. The number of phenolic OH excluding ortho intramolecular Hbond substituents is 1. The quantitative estimate of drug-likeness (QED) is 0.506. The molecule has 25 heavy (non-hydrogen) atoms. The van der Waals surface area contributed by atoms with Crippen LogP contribution >= 0.6 is 0 Å². The molecule has 126 valence electrons. The molecular formula is C18H15N3O4. The summed E-state index contributed by atoms with van der Waals surface area (Å²) >= 11 is 0. The summed E-state index contributed by atoms with van der Waals surface area (Å²) in [7, 11) is 0. The Morgan fingerprint density at radius 3 is 2.44 bits per heavy atom. The predicted molar refractivity (Wildman–Crippen MR) is 91.9 cm³/mol. The smallest absolute Gasteiger partial charge is 0.378 e. The third kappa shape index (κ3) is 3.17. The van der Waals surface area contributed by atoms with Crippen LogP contribution in [0.15, 0.2) is 83.1 Å². The van der Waals surface area contributed by atoms with Crippen molar-refractivity contribution >= 4 is 11.3 Å². The number of allylic oxidation sites excluding steroid dienone is 2. The second-order valence-corrected chi connectivity index (χ2v) is 5.50. The predicted octanol–water partition coefficient (Wildman–Crippen LogP) is 3.46. The minimum absolute atomic E-state index is 0.0835. The summed E-state index contributed by atoms with van der Waals surface area (Å²) in [6, 6.07) is 15.2. The molecule has 0 fully saturated rings. The van der Waals surface area contributed by atoms with Crippen LogP contribution in [0.25, 0.3) is 5.57 Å². The molecule has 7 heteroatoms. The molecule has 3 rings (SSSR count). The highest BCUT2D eigenvalue weighted by Crippen LogP contribution is 2.34. The number of azo groups is 1. The molecule has 1 aliphatic rings. The average molecular weight is 337 g/mol. The van der Waals surface area contributed by atoms with Crippen molar-refractivity contribution in [2.45, 2.75) is 11.8 Å². The van der Waals surface area contributed by atoms with Crippen LogP contribution in [0.5, 0.6) is 5.75 Å². The fourth-order valence-corrected chi connectivity index (χ4v) is 2.48. The maximum atomic E-state index is 11.7. The lowest BCUT2D eigenvalue weighted by atomic mass is 9.91. The Labute approximate surface area is 143 Å². The maximum Gasteiger partial charge on any atom is 0.378 e. The zero-order valence-corrected chi connectivity index (χ0v) is 13.1. The van der Waals surface area contributed by atoms with Crippen LogP contribution in [-0.2, 0) is 0 Å². The molecule has 0 heterocycles. The second kappa shape index (κ2) is 6.66. The summed E-state index contributed by atoms with van der Waals surface area (Å²) in [5.41, 5.74) is -0.768. The van der Waals surface area contributed by atoms with E-state index in [9.17, 15) is 20.3 Å². The van der Waals surface area contributed by atoms with Gasteiger partial charge < -0.3 is 10.2 Å². The van der Waals surface area contributed by atoms with Crippen molar-refractivity contribution in [2.75, 3.05) is 0 Å². The number of hydrogen-bond donors (Lipinski definition) is 2. The zero-order valence-electron chi connectivity index (χ0n) is 13.1. The molecule has 0 aromatic heterocycles. The van der Waals surface area contributed by atoms with E-state index in [1.807, 2.05) is 18.2 Å². The highest BCUT2D eigenvalue weighted by Gasteiger charge is 2.50. The number of rotatable bonds is 4. The molecule has 2 unspecified atom stereocenters. The number of benzene rings is 2. The highest BCUT2D eigenvalue weighted by molar-refractivity contribution is 5.76. The first-order valence-corrected chi connectivity index (χ1v) is 7.53. The molecule has 0 saturated heterocycles. The normalized spacial score (nSPS) is 22.8. The van der Waals surface area contributed by atoms with Gasteiger partial charge in [-0.3, -0.25) is 10.1 Å². The van der Waals surface area contributed by atoms with E-state index in [1.165, 1.54) is 24.3 Å². The molecule has 0 amide bonds. The lowest BCUT2D eigenvalue weighted by molar-refractivity contribution is -0.564. The van der Waals surface area contributed by atoms with E-state index in [0.717, 1.165) is 5.56 Å². The number of aliphatic hydroxyl groups is 1. The van der Waals surface area contributed by atoms with Crippen LogP contribution in [0.2, 0.25) is 0 Å². The fourth-order valence-electron chi connectivity index (χ4n) is 2.48. The Balaban J connectivity index is 2.06. The van der Waals surface area contributed by atoms with Gasteiger partial charge in [0.2, 0.25) is 0 Å². The Kier molecular flexibility index (Phi) is 4.40. The molecule has 0 radical (unpaired) electrons. The van der Waals surface area contributed by atoms with E-state index < -0.39 is 16.7 Å². The molecule has 2 aromatic rings. The van der Waals surface area contributed by atoms with Crippen LogP contribution in [0.1, 0.15) is 5.56 Å². The number of aliphatic hydroxyl groups excluding tert-OH is 1. The fraction of sp³-hybridized carbons (Fsp3) is 0.111. The number of aromatic hydroxyl groups is 1. The first kappa shape index (κ1) is 16.5. The zero-order chi connectivity index (χ0) is 17.9. The van der Waals surface area contributed by atoms with Crippen molar-refractivity contribution in [3.8, 4) is 5.75 Å². The van der Waals surface area contributed by atoms with Gasteiger partial charge in [-0.15, -0.1) is 10.2 Å². The van der Waals surface area contributed by atoms with E-state index in [0.29, 0.717) is 5.57 Å². The summed E-state index contributed by atoms with van der Waals surface area (Å²) < 4.78 is 0. The van der Waals surface area contributed by atoms with Gasteiger partial charge in [0.25, 0.3) is 0 Å². The van der Waals surface area contributed by atoms with Crippen LogP contribution < -0.4 is 0 Å². The monoisotopic (exact) mass is 337 g/mol. The summed E-state index contributed by atoms with van der Waals surface area (Å²) in [6.45, 7) is 0. The van der Waals surface area contributed by atoms with Gasteiger partial charge in [-0.05, 0) is 29.3 Å². The van der Waals surface area contributed by atoms with Crippen molar-refractivity contribution in [1.82, 2.24) is 0 Å². The topological polar surface area (TPSA) is 108 Å². The lowest BCUT2D eigenvalue weighted by Gasteiger charge is -2.24. The third-order valence-corrected chi connectivity index (χ3v) is 3.86. The Bertz CT molecular complexity index is 877. The molecule has 0 saturated carbocycles. The summed E-state index contributed by atoms with van der Waals surface area (Å²) in [5.74, 6) is -0.155. The van der Waals surface area contributed by atoms with Gasteiger partial charge in [-0.2, -0.15) is 0 Å². The minimum atomic E-state index is -2.16. The van der Waals surface area contributed by atoms with Gasteiger partial charge in [0, 0.05) is 6.08 Å². The van der Waals surface area contributed by atoms with E-state index in [2.05, 4.69) is 10.2 Å². The van der Waals surface area contributed by atoms with E-state index in [1.54, 1.807) is 30.3 Å². The molecule has 7 nitrogen and oxygen atoms in total. The van der Waals surface area contributed by atoms with Crippen LogP contribution in [-0.4, -0.2) is 26.9 Å². The first-order chi connectivity index (χ1) is 12.0. The van der Waals surface area contributed by atoms with Gasteiger partial charge >= 0.3 is 5.66 Å². The van der Waals surface area contributed by atoms with E-state index in [4.69, 9.17) is 0 Å². The van der Waals surface area contributed by atoms with Crippen molar-refractivity contribution in [3.63, 3.8) is 0 Å². The van der Waals surface area contributed by atoms with Gasteiger partial charge in [0.15, 0.2) is 6.10 Å². The highest BCUT2D eigenvalue weighted by atomic mass is 16.6. The van der Waals surface area contributed by atoms with E-state index in [-0.39, 0.29) is 11.4 Å². The Hall–Kier alpha value is -3.32. The molecule has 0 aliphatic heterocycles. The summed E-state index contributed by atoms with van der Waals surface area (Å²) in [5, 5.41) is 39.3. The number of phenols is 1. The summed E-state index contributed by atoms with van der Waals surface area (Å²) in [4.78, 5) is 11.0. The first-order valence-electron chi connectivity index (χ1n) is 7.53. The van der Waals surface area contributed by atoms with Crippen LogP contribution in [0.4, 0.5) is 5.69 Å². The van der Waals surface area contributed by atoms with Crippen LogP contribution in [0, 0.1) is 10.1 Å². The molecule has 2 atom stereocenters. The number of nitro groups is 1. The summed E-state index contributed by atoms with van der Waals surface area (Å²) in [6.07, 6.45) is 2.72. The van der Waals surface area contributed by atoms with Crippen molar-refractivity contribution in [2.24, 2.45) is 10.2 Å². The van der Waals surface area contributed by atoms with Crippen molar-refractivity contribution in [3.05, 3.63) is 88.5 Å².